The van der Waals surface area contributed by atoms with Crippen molar-refractivity contribution in [1.82, 2.24) is 14.3 Å². The first-order valence-electron chi connectivity index (χ1n) is 9.14. The van der Waals surface area contributed by atoms with Gasteiger partial charge in [0.25, 0.3) is 11.5 Å². The van der Waals surface area contributed by atoms with Crippen molar-refractivity contribution < 1.29 is 9.21 Å². The van der Waals surface area contributed by atoms with E-state index in [-0.39, 0.29) is 17.0 Å². The average Bonchev–Trinajstić information content (AvgIpc) is 3.34. The molecule has 1 fully saturated rings. The Bertz CT molecular complexity index is 1250. The van der Waals surface area contributed by atoms with Crippen molar-refractivity contribution in [3.05, 3.63) is 81.5 Å². The van der Waals surface area contributed by atoms with Gasteiger partial charge in [0.1, 0.15) is 21.5 Å². The molecule has 0 spiro atoms. The molecule has 0 aromatic carbocycles. The molecule has 4 rings (SSSR count). The summed E-state index contributed by atoms with van der Waals surface area (Å²) in [7, 11) is 0. The molecular weight excluding hydrogens is 420 g/mol. The Morgan fingerprint density at radius 1 is 1.33 bits per heavy atom. The number of carbonyl (C=O) groups is 1. The molecule has 1 N–H and O–H groups in total. The fourth-order valence-corrected chi connectivity index (χ4v) is 4.33. The molecule has 4 heterocycles. The third-order valence-corrected chi connectivity index (χ3v) is 5.93. The summed E-state index contributed by atoms with van der Waals surface area (Å²) in [6.45, 7) is 6.21. The predicted molar refractivity (Wildman–Crippen MR) is 122 cm³/mol. The van der Waals surface area contributed by atoms with Gasteiger partial charge in [-0.3, -0.25) is 18.9 Å². The van der Waals surface area contributed by atoms with E-state index in [2.05, 4.69) is 16.9 Å². The second-order valence-corrected chi connectivity index (χ2v) is 8.25. The second-order valence-electron chi connectivity index (χ2n) is 6.58. The molecule has 7 nitrogen and oxygen atoms in total. The SMILES string of the molecule is C=CCN1C(=O)C(=Cc2c(NCc3ccco3)nc3c(C)cccn3c2=O)SC1=S. The highest BCUT2D eigenvalue weighted by Gasteiger charge is 2.31. The van der Waals surface area contributed by atoms with E-state index in [4.69, 9.17) is 16.6 Å². The van der Waals surface area contributed by atoms with Crippen LogP contribution in [0.4, 0.5) is 5.82 Å². The predicted octanol–water partition coefficient (Wildman–Crippen LogP) is 3.60. The number of aryl methyl sites for hydroxylation is 1. The topological polar surface area (TPSA) is 79.8 Å². The van der Waals surface area contributed by atoms with Gasteiger partial charge in [-0.1, -0.05) is 36.1 Å². The van der Waals surface area contributed by atoms with E-state index in [0.717, 1.165) is 17.3 Å². The number of aromatic nitrogens is 2. The van der Waals surface area contributed by atoms with Crippen molar-refractivity contribution in [2.75, 3.05) is 11.9 Å². The Hall–Kier alpha value is -3.17. The first-order chi connectivity index (χ1) is 14.5. The number of nitrogens with zero attached hydrogens (tertiary/aromatic N) is 3. The molecule has 0 bridgehead atoms. The maximum Gasteiger partial charge on any atom is 0.267 e. The maximum absolute atomic E-state index is 13.3. The van der Waals surface area contributed by atoms with Crippen LogP contribution in [0.2, 0.25) is 0 Å². The zero-order chi connectivity index (χ0) is 21.3. The van der Waals surface area contributed by atoms with Gasteiger partial charge in [-0.15, -0.1) is 6.58 Å². The highest BCUT2D eigenvalue weighted by atomic mass is 32.2. The normalized spacial score (nSPS) is 15.4. The molecule has 1 aliphatic rings. The van der Waals surface area contributed by atoms with Crippen molar-refractivity contribution in [2.45, 2.75) is 13.5 Å². The number of rotatable bonds is 6. The number of nitrogens with one attached hydrogen (secondary N) is 1. The minimum absolute atomic E-state index is 0.254. The van der Waals surface area contributed by atoms with E-state index >= 15 is 0 Å². The number of furan rings is 1. The fraction of sp³-hybridized carbons (Fsp3) is 0.143. The van der Waals surface area contributed by atoms with Gasteiger partial charge in [-0.05, 0) is 36.8 Å². The van der Waals surface area contributed by atoms with Gasteiger partial charge in [0, 0.05) is 12.7 Å². The van der Waals surface area contributed by atoms with Gasteiger partial charge < -0.3 is 9.73 Å². The minimum atomic E-state index is -0.278. The smallest absolute Gasteiger partial charge is 0.267 e. The third kappa shape index (κ3) is 3.69. The maximum atomic E-state index is 13.3. The first-order valence-corrected chi connectivity index (χ1v) is 10.4. The first kappa shape index (κ1) is 20.1. The molecule has 0 unspecified atom stereocenters. The number of amides is 1. The van der Waals surface area contributed by atoms with Crippen LogP contribution in [-0.4, -0.2) is 31.1 Å². The minimum Gasteiger partial charge on any atom is -0.467 e. The average molecular weight is 439 g/mol. The lowest BCUT2D eigenvalue weighted by atomic mass is 10.2. The summed E-state index contributed by atoms with van der Waals surface area (Å²) in [6, 6.07) is 7.29. The molecule has 3 aromatic rings. The van der Waals surface area contributed by atoms with Gasteiger partial charge in [0.15, 0.2) is 0 Å². The van der Waals surface area contributed by atoms with Crippen LogP contribution in [0.3, 0.4) is 0 Å². The largest absolute Gasteiger partial charge is 0.467 e. The molecule has 0 atom stereocenters. The lowest BCUT2D eigenvalue weighted by Crippen LogP contribution is -2.28. The van der Waals surface area contributed by atoms with Crippen molar-refractivity contribution in [3.63, 3.8) is 0 Å². The molecular formula is C21H18N4O3S2. The highest BCUT2D eigenvalue weighted by Crippen LogP contribution is 2.33. The van der Waals surface area contributed by atoms with E-state index < -0.39 is 0 Å². The summed E-state index contributed by atoms with van der Waals surface area (Å²) in [5.41, 5.74) is 1.41. The summed E-state index contributed by atoms with van der Waals surface area (Å²) < 4.78 is 7.27. The molecule has 3 aromatic heterocycles. The zero-order valence-corrected chi connectivity index (χ0v) is 17.8. The molecule has 0 aliphatic carbocycles. The van der Waals surface area contributed by atoms with E-state index in [0.29, 0.717) is 39.5 Å². The molecule has 0 saturated carbocycles. The van der Waals surface area contributed by atoms with E-state index in [1.54, 1.807) is 36.7 Å². The fourth-order valence-electron chi connectivity index (χ4n) is 3.08. The summed E-state index contributed by atoms with van der Waals surface area (Å²) >= 11 is 6.45. The van der Waals surface area contributed by atoms with Crippen molar-refractivity contribution in [1.29, 1.82) is 0 Å². The van der Waals surface area contributed by atoms with Gasteiger partial charge in [0.05, 0.1) is 23.3 Å². The van der Waals surface area contributed by atoms with E-state index in [1.807, 2.05) is 19.1 Å². The van der Waals surface area contributed by atoms with Crippen LogP contribution in [0.15, 0.2) is 63.5 Å². The van der Waals surface area contributed by atoms with Crippen LogP contribution in [-0.2, 0) is 11.3 Å². The summed E-state index contributed by atoms with van der Waals surface area (Å²) in [5, 5.41) is 3.17. The molecule has 9 heteroatoms. The molecule has 0 radical (unpaired) electrons. The van der Waals surface area contributed by atoms with Crippen molar-refractivity contribution in [3.8, 4) is 0 Å². The number of fused-ring (bicyclic) bond motifs is 1. The zero-order valence-electron chi connectivity index (χ0n) is 16.1. The van der Waals surface area contributed by atoms with Crippen LogP contribution in [0, 0.1) is 6.92 Å². The second kappa shape index (κ2) is 8.29. The Balaban J connectivity index is 1.83. The van der Waals surface area contributed by atoms with Gasteiger partial charge in [-0.2, -0.15) is 0 Å². The van der Waals surface area contributed by atoms with E-state index in [9.17, 15) is 9.59 Å². The van der Waals surface area contributed by atoms with Crippen LogP contribution in [0.5, 0.6) is 0 Å². The number of thioether (sulfide) groups is 1. The van der Waals surface area contributed by atoms with Gasteiger partial charge in [-0.25, -0.2) is 4.98 Å². The van der Waals surface area contributed by atoms with E-state index in [1.165, 1.54) is 9.30 Å². The van der Waals surface area contributed by atoms with Gasteiger partial charge in [0.2, 0.25) is 0 Å². The highest BCUT2D eigenvalue weighted by molar-refractivity contribution is 8.26. The lowest BCUT2D eigenvalue weighted by molar-refractivity contribution is -0.121. The Kier molecular flexibility index (Phi) is 5.56. The van der Waals surface area contributed by atoms with Crippen LogP contribution in [0.25, 0.3) is 11.7 Å². The number of anilines is 1. The van der Waals surface area contributed by atoms with Crippen LogP contribution >= 0.6 is 24.0 Å². The molecule has 1 amide bonds. The summed E-state index contributed by atoms with van der Waals surface area (Å²) in [4.78, 5) is 32.5. The number of carbonyl (C=O) groups excluding carboxylic acids is 1. The lowest BCUT2D eigenvalue weighted by Gasteiger charge is -2.12. The van der Waals surface area contributed by atoms with Crippen LogP contribution < -0.4 is 10.9 Å². The third-order valence-electron chi connectivity index (χ3n) is 4.56. The van der Waals surface area contributed by atoms with Gasteiger partial charge >= 0.3 is 0 Å². The number of pyridine rings is 1. The molecule has 1 aliphatic heterocycles. The number of hydrogen-bond donors (Lipinski definition) is 1. The summed E-state index contributed by atoms with van der Waals surface area (Å²) in [6.07, 6.45) is 6.40. The quantitative estimate of drug-likeness (QED) is 0.358. The standard InChI is InChI=1S/C21H18N4O3S2/c1-3-8-25-20(27)16(30-21(25)29)11-15-17(22-12-14-7-5-10-28-14)23-18-13(2)6-4-9-24(18)19(15)26/h3-7,9-11,22H,1,8,12H2,2H3. The Labute approximate surface area is 182 Å². The Morgan fingerprint density at radius 2 is 2.17 bits per heavy atom. The molecule has 1 saturated heterocycles. The number of thiocarbonyl (C=S) groups is 1. The monoisotopic (exact) mass is 438 g/mol. The van der Waals surface area contributed by atoms with Crippen molar-refractivity contribution >= 4 is 51.7 Å². The Morgan fingerprint density at radius 3 is 2.90 bits per heavy atom. The van der Waals surface area contributed by atoms with Crippen molar-refractivity contribution in [2.24, 2.45) is 0 Å². The summed E-state index contributed by atoms with van der Waals surface area (Å²) in [5.74, 6) is 0.820. The molecule has 30 heavy (non-hydrogen) atoms. The molecule has 152 valence electrons. The number of hydrogen-bond acceptors (Lipinski definition) is 7. The van der Waals surface area contributed by atoms with Crippen LogP contribution in [0.1, 0.15) is 16.9 Å².